The summed E-state index contributed by atoms with van der Waals surface area (Å²) in [5.74, 6) is -0.395. The van der Waals surface area contributed by atoms with Crippen LogP contribution in [0.25, 0.3) is 21.5 Å². The molecule has 1 fully saturated rings. The topological polar surface area (TPSA) is 37.3 Å². The van der Waals surface area contributed by atoms with E-state index in [1.165, 1.54) is 27.1 Å². The van der Waals surface area contributed by atoms with E-state index in [2.05, 4.69) is 78.9 Å². The first-order valence-electron chi connectivity index (χ1n) is 10.7. The maximum Gasteiger partial charge on any atom is 0.136 e. The Labute approximate surface area is 177 Å². The molecule has 0 spiro atoms. The Morgan fingerprint density at radius 2 is 1.30 bits per heavy atom. The van der Waals surface area contributed by atoms with Crippen LogP contribution in [-0.2, 0) is 4.79 Å². The van der Waals surface area contributed by atoms with Gasteiger partial charge in [-0.25, -0.2) is 0 Å². The fourth-order valence-electron chi connectivity index (χ4n) is 5.82. The van der Waals surface area contributed by atoms with Gasteiger partial charge in [-0.2, -0.15) is 0 Å². The number of fused-ring (bicyclic) bond motifs is 2. The molecule has 150 valence electrons. The van der Waals surface area contributed by atoms with Crippen molar-refractivity contribution in [2.24, 2.45) is 5.92 Å². The molecule has 4 aromatic carbocycles. The monoisotopic (exact) mass is 394 g/mol. The van der Waals surface area contributed by atoms with E-state index in [9.17, 15) is 9.90 Å². The lowest BCUT2D eigenvalue weighted by Gasteiger charge is -2.29. The van der Waals surface area contributed by atoms with E-state index in [1.807, 2.05) is 13.0 Å². The highest BCUT2D eigenvalue weighted by Crippen LogP contribution is 2.56. The zero-order valence-corrected chi connectivity index (χ0v) is 17.4. The summed E-state index contributed by atoms with van der Waals surface area (Å²) in [6.07, 6.45) is 0.569. The molecule has 1 aliphatic carbocycles. The third kappa shape index (κ3) is 2.95. The van der Waals surface area contributed by atoms with Crippen molar-refractivity contribution in [3.8, 4) is 0 Å². The molecule has 0 unspecified atom stereocenters. The molecule has 0 amide bonds. The SMILES string of the molecule is CC(=O)[C@H]1[C@H](c2cccc3ccccc23)[C@@H](c2cccc3ccccc23)C[C@]1(C)O. The molecule has 0 aliphatic heterocycles. The molecule has 2 nitrogen and oxygen atoms in total. The quantitative estimate of drug-likeness (QED) is 0.448. The number of carbonyl (C=O) groups excluding carboxylic acids is 1. The van der Waals surface area contributed by atoms with Crippen molar-refractivity contribution in [1.82, 2.24) is 0 Å². The predicted molar refractivity (Wildman–Crippen MR) is 123 cm³/mol. The molecular weight excluding hydrogens is 368 g/mol. The van der Waals surface area contributed by atoms with Gasteiger partial charge < -0.3 is 5.11 Å². The molecule has 1 aliphatic rings. The number of carbonyl (C=O) groups is 1. The molecule has 1 N–H and O–H groups in total. The van der Waals surface area contributed by atoms with Gasteiger partial charge in [0.05, 0.1) is 11.5 Å². The summed E-state index contributed by atoms with van der Waals surface area (Å²) in [6, 6.07) is 29.4. The average Bonchev–Trinajstić information content (AvgIpc) is 3.04. The Balaban J connectivity index is 1.78. The third-order valence-corrected chi connectivity index (χ3v) is 6.94. The molecule has 4 aromatic rings. The first kappa shape index (κ1) is 19.0. The lowest BCUT2D eigenvalue weighted by molar-refractivity contribution is -0.127. The smallest absolute Gasteiger partial charge is 0.136 e. The van der Waals surface area contributed by atoms with Gasteiger partial charge in [0.2, 0.25) is 0 Å². The molecule has 2 heteroatoms. The van der Waals surface area contributed by atoms with Crippen LogP contribution in [0.2, 0.25) is 0 Å². The molecule has 0 heterocycles. The Bertz CT molecular complexity index is 1240. The summed E-state index contributed by atoms with van der Waals surface area (Å²) in [5.41, 5.74) is 1.33. The van der Waals surface area contributed by atoms with Gasteiger partial charge in [0.25, 0.3) is 0 Å². The van der Waals surface area contributed by atoms with Gasteiger partial charge in [-0.15, -0.1) is 0 Å². The number of Topliss-reactive ketones (excluding diaryl/α,β-unsaturated/α-hetero) is 1. The van der Waals surface area contributed by atoms with E-state index < -0.39 is 11.5 Å². The summed E-state index contributed by atoms with van der Waals surface area (Å²) < 4.78 is 0. The second-order valence-electron chi connectivity index (χ2n) is 8.92. The van der Waals surface area contributed by atoms with Crippen LogP contribution in [0.5, 0.6) is 0 Å². The summed E-state index contributed by atoms with van der Waals surface area (Å²) in [5, 5.41) is 16.1. The molecular formula is C28H26O2. The van der Waals surface area contributed by atoms with Gasteiger partial charge in [-0.05, 0) is 58.9 Å². The largest absolute Gasteiger partial charge is 0.389 e. The van der Waals surface area contributed by atoms with Crippen LogP contribution in [0.15, 0.2) is 84.9 Å². The van der Waals surface area contributed by atoms with Gasteiger partial charge in [-0.1, -0.05) is 84.9 Å². The molecule has 4 atom stereocenters. The van der Waals surface area contributed by atoms with Crippen molar-refractivity contribution >= 4 is 27.3 Å². The van der Waals surface area contributed by atoms with Gasteiger partial charge in [0, 0.05) is 5.92 Å². The normalized spacial score (nSPS) is 26.3. The maximum absolute atomic E-state index is 12.9. The molecule has 5 rings (SSSR count). The van der Waals surface area contributed by atoms with E-state index in [4.69, 9.17) is 0 Å². The van der Waals surface area contributed by atoms with Crippen LogP contribution in [0.1, 0.15) is 43.2 Å². The number of aliphatic hydroxyl groups is 1. The fourth-order valence-corrected chi connectivity index (χ4v) is 5.82. The second-order valence-corrected chi connectivity index (χ2v) is 8.92. The minimum absolute atomic E-state index is 0.0562. The van der Waals surface area contributed by atoms with E-state index in [0.29, 0.717) is 6.42 Å². The second kappa shape index (κ2) is 7.07. The zero-order chi connectivity index (χ0) is 20.9. The van der Waals surface area contributed by atoms with E-state index in [1.54, 1.807) is 6.92 Å². The highest BCUT2D eigenvalue weighted by molar-refractivity contribution is 5.90. The molecule has 0 aromatic heterocycles. The Hall–Kier alpha value is -2.97. The number of rotatable bonds is 3. The predicted octanol–water partition coefficient (Wildman–Crippen LogP) is 6.22. The number of benzene rings is 4. The van der Waals surface area contributed by atoms with E-state index >= 15 is 0 Å². The van der Waals surface area contributed by atoms with Crippen LogP contribution in [0, 0.1) is 5.92 Å². The average molecular weight is 395 g/mol. The van der Waals surface area contributed by atoms with Crippen LogP contribution in [0.4, 0.5) is 0 Å². The number of hydrogen-bond acceptors (Lipinski definition) is 2. The Morgan fingerprint density at radius 3 is 1.90 bits per heavy atom. The van der Waals surface area contributed by atoms with Gasteiger partial charge in [0.1, 0.15) is 5.78 Å². The Kier molecular flexibility index (Phi) is 4.48. The van der Waals surface area contributed by atoms with Gasteiger partial charge in [-0.3, -0.25) is 4.79 Å². The summed E-state index contributed by atoms with van der Waals surface area (Å²) in [4.78, 5) is 12.9. The summed E-state index contributed by atoms with van der Waals surface area (Å²) in [6.45, 7) is 3.46. The van der Waals surface area contributed by atoms with E-state index in [-0.39, 0.29) is 17.6 Å². The van der Waals surface area contributed by atoms with Crippen LogP contribution < -0.4 is 0 Å². The maximum atomic E-state index is 12.9. The van der Waals surface area contributed by atoms with Crippen molar-refractivity contribution < 1.29 is 9.90 Å². The standard InChI is InChI=1S/C28H26O2/c1-18(29)27-26(24-16-8-12-20-10-4-6-14-22(20)24)25(17-28(27,2)30)23-15-7-11-19-9-3-5-13-21(19)23/h3-16,25-27,30H,17H2,1-2H3/t25-,26-,27+,28+/m1/s1. The molecule has 0 bridgehead atoms. The summed E-state index contributed by atoms with van der Waals surface area (Å²) in [7, 11) is 0. The van der Waals surface area contributed by atoms with E-state index in [0.717, 1.165) is 5.56 Å². The third-order valence-electron chi connectivity index (χ3n) is 6.94. The summed E-state index contributed by atoms with van der Waals surface area (Å²) >= 11 is 0. The molecule has 1 saturated carbocycles. The first-order valence-corrected chi connectivity index (χ1v) is 10.7. The minimum atomic E-state index is -1.05. The lowest BCUT2D eigenvalue weighted by Crippen LogP contribution is -2.36. The van der Waals surface area contributed by atoms with Gasteiger partial charge in [0.15, 0.2) is 0 Å². The van der Waals surface area contributed by atoms with Crippen molar-refractivity contribution in [2.45, 2.75) is 37.7 Å². The number of ketones is 1. The van der Waals surface area contributed by atoms with Crippen LogP contribution >= 0.6 is 0 Å². The molecule has 0 radical (unpaired) electrons. The lowest BCUT2D eigenvalue weighted by atomic mass is 9.75. The van der Waals surface area contributed by atoms with Crippen molar-refractivity contribution in [3.05, 3.63) is 96.1 Å². The van der Waals surface area contributed by atoms with Crippen molar-refractivity contribution in [1.29, 1.82) is 0 Å². The van der Waals surface area contributed by atoms with Crippen molar-refractivity contribution in [2.75, 3.05) is 0 Å². The van der Waals surface area contributed by atoms with Crippen LogP contribution in [-0.4, -0.2) is 16.5 Å². The minimum Gasteiger partial charge on any atom is -0.389 e. The Morgan fingerprint density at radius 1 is 0.800 bits per heavy atom. The zero-order valence-electron chi connectivity index (χ0n) is 17.4. The molecule has 30 heavy (non-hydrogen) atoms. The fraction of sp³-hybridized carbons (Fsp3) is 0.250. The highest BCUT2D eigenvalue weighted by Gasteiger charge is 2.53. The van der Waals surface area contributed by atoms with Crippen LogP contribution in [0.3, 0.4) is 0 Å². The first-order chi connectivity index (χ1) is 14.5. The highest BCUT2D eigenvalue weighted by atomic mass is 16.3. The van der Waals surface area contributed by atoms with Gasteiger partial charge >= 0.3 is 0 Å². The van der Waals surface area contributed by atoms with Crippen molar-refractivity contribution in [3.63, 3.8) is 0 Å². The number of hydrogen-bond donors (Lipinski definition) is 1. The molecule has 0 saturated heterocycles.